The number of hydrazine groups is 1. The Balaban J connectivity index is 1.93. The fourth-order valence-electron chi connectivity index (χ4n) is 7.78. The summed E-state index contributed by atoms with van der Waals surface area (Å²) in [5, 5.41) is 16.0. The van der Waals surface area contributed by atoms with Crippen molar-refractivity contribution in [1.29, 1.82) is 0 Å². The monoisotopic (exact) mass is 1090 g/mol. The van der Waals surface area contributed by atoms with Crippen molar-refractivity contribution in [2.24, 2.45) is 5.73 Å². The molecule has 0 saturated heterocycles. The van der Waals surface area contributed by atoms with E-state index in [1.165, 1.54) is 26.1 Å². The van der Waals surface area contributed by atoms with Gasteiger partial charge >= 0.3 is 24.3 Å². The molecule has 78 heavy (non-hydrogen) atoms. The number of aryl methyl sites for hydroxylation is 2. The highest BCUT2D eigenvalue weighted by Gasteiger charge is 2.37. The van der Waals surface area contributed by atoms with E-state index in [0.717, 1.165) is 10.5 Å². The largest absolute Gasteiger partial charge is 0.491 e. The van der Waals surface area contributed by atoms with Crippen LogP contribution in [-0.2, 0) is 39.8 Å². The molecule has 0 spiro atoms. The van der Waals surface area contributed by atoms with Gasteiger partial charge in [-0.2, -0.15) is 0 Å². The number of carbonyl (C=O) groups is 9. The fraction of sp³-hybridized carbons (Fsp3) is 0.500. The van der Waals surface area contributed by atoms with Crippen LogP contribution in [0.15, 0.2) is 54.6 Å². The van der Waals surface area contributed by atoms with Gasteiger partial charge in [-0.3, -0.25) is 29.4 Å². The number of ether oxygens (including phenoxy) is 5. The van der Waals surface area contributed by atoms with Crippen LogP contribution in [0.25, 0.3) is 11.1 Å². The second kappa shape index (κ2) is 27.1. The van der Waals surface area contributed by atoms with Gasteiger partial charge in [-0.25, -0.2) is 24.6 Å². The van der Waals surface area contributed by atoms with E-state index < -0.39 is 94.8 Å². The number of benzene rings is 3. The minimum atomic E-state index is -1.58. The van der Waals surface area contributed by atoms with Crippen molar-refractivity contribution in [3.8, 4) is 22.6 Å². The molecule has 0 unspecified atom stereocenters. The molecule has 24 nitrogen and oxygen atoms in total. The summed E-state index contributed by atoms with van der Waals surface area (Å²) in [5.74, 6) is -3.60. The molecule has 4 bridgehead atoms. The Bertz CT molecular complexity index is 2690. The zero-order valence-electron chi connectivity index (χ0n) is 46.7. The van der Waals surface area contributed by atoms with E-state index >= 15 is 4.79 Å². The summed E-state index contributed by atoms with van der Waals surface area (Å²) in [6.45, 7) is 19.9. The zero-order valence-corrected chi connectivity index (χ0v) is 46.7. The molecule has 0 aliphatic carbocycles. The average Bonchev–Trinajstić information content (AvgIpc) is 3.31. The molecule has 0 fully saturated rings. The number of likely N-dealkylation sites (N-methyl/N-ethyl adjacent to an activating group) is 1. The number of fused-ring (bicyclic) bond motifs is 5. The quantitative estimate of drug-likeness (QED) is 0.0551. The third kappa shape index (κ3) is 20.0. The first-order valence-corrected chi connectivity index (χ1v) is 25.3. The molecule has 0 radical (unpaired) electrons. The van der Waals surface area contributed by atoms with Gasteiger partial charge in [0.1, 0.15) is 65.7 Å². The summed E-state index contributed by atoms with van der Waals surface area (Å²) < 4.78 is 28.8. The topological polar surface area (TPSA) is 325 Å². The van der Waals surface area contributed by atoms with E-state index in [-0.39, 0.29) is 73.9 Å². The van der Waals surface area contributed by atoms with Crippen LogP contribution in [0.1, 0.15) is 114 Å². The average molecular weight is 1090 g/mol. The van der Waals surface area contributed by atoms with Crippen LogP contribution in [0.5, 0.6) is 11.5 Å². The van der Waals surface area contributed by atoms with Gasteiger partial charge in [0.15, 0.2) is 0 Å². The van der Waals surface area contributed by atoms with Crippen molar-refractivity contribution in [3.63, 3.8) is 0 Å². The van der Waals surface area contributed by atoms with Gasteiger partial charge in [-0.15, -0.1) is 0 Å². The third-order valence-corrected chi connectivity index (χ3v) is 11.2. The summed E-state index contributed by atoms with van der Waals surface area (Å²) in [7, 11) is 1.34. The molecule has 1 aliphatic rings. The molecule has 4 atom stereocenters. The van der Waals surface area contributed by atoms with Crippen molar-refractivity contribution in [1.82, 2.24) is 47.7 Å². The highest BCUT2D eigenvalue weighted by molar-refractivity contribution is 6.00. The van der Waals surface area contributed by atoms with Crippen LogP contribution < -0.4 is 58.0 Å². The second-order valence-corrected chi connectivity index (χ2v) is 21.5. The molecular formula is C54H76N10O14. The molecule has 0 aromatic heterocycles. The van der Waals surface area contributed by atoms with Gasteiger partial charge in [0.05, 0.1) is 13.1 Å². The van der Waals surface area contributed by atoms with Gasteiger partial charge < -0.3 is 66.2 Å². The van der Waals surface area contributed by atoms with Crippen LogP contribution in [0.2, 0.25) is 0 Å². The molecule has 426 valence electrons. The molecule has 10 N–H and O–H groups in total. The van der Waals surface area contributed by atoms with Crippen LogP contribution >= 0.6 is 0 Å². The lowest BCUT2D eigenvalue weighted by atomic mass is 9.93. The molecule has 24 heteroatoms. The van der Waals surface area contributed by atoms with Crippen LogP contribution in [0, 0.1) is 13.8 Å². The Morgan fingerprint density at radius 1 is 0.679 bits per heavy atom. The van der Waals surface area contributed by atoms with E-state index in [2.05, 4.69) is 37.3 Å². The molecule has 10 amide bonds. The van der Waals surface area contributed by atoms with Gasteiger partial charge in [0.25, 0.3) is 11.8 Å². The number of amides is 10. The maximum absolute atomic E-state index is 15.1. The predicted octanol–water partition coefficient (Wildman–Crippen LogP) is 4.24. The molecular weight excluding hydrogens is 1010 g/mol. The maximum atomic E-state index is 15.1. The van der Waals surface area contributed by atoms with Crippen molar-refractivity contribution < 1.29 is 66.8 Å². The number of primary amides is 1. The Morgan fingerprint density at radius 2 is 1.21 bits per heavy atom. The lowest BCUT2D eigenvalue weighted by Gasteiger charge is -2.33. The fourth-order valence-corrected chi connectivity index (χ4v) is 7.78. The van der Waals surface area contributed by atoms with E-state index in [1.54, 1.807) is 112 Å². The molecule has 4 rings (SSSR count). The standard InChI is InChI=1S/C54H76N10O14/c1-30-14-17-35(31(2)26-30)44(66)60-38(20-21-56-49(71)76-52(4,5)6)47(69)64(13)42-34-16-19-41(75-25-23-58-51(73)78-54(10,11)12)37(29-34)36-27-33(15-18-40(36)74-24-22-57-50(72)77-53(7,8)9)28-39(45(67)62-63-48(55)70)61-43(65)32(3)59-46(42)68/h14-19,26-27,29,32,38-39,42H,20-25,28H2,1-13H3,(H,56,71)(H,57,72)(H,58,73)(H,59,68)(H,60,66)(H,61,65)(H,62,67)(H3,55,63,70)/t32-,38-,39-,42-/m0/s1. The molecule has 1 aliphatic heterocycles. The van der Waals surface area contributed by atoms with Crippen LogP contribution in [-0.4, -0.2) is 134 Å². The first-order valence-electron chi connectivity index (χ1n) is 25.3. The second-order valence-electron chi connectivity index (χ2n) is 21.5. The van der Waals surface area contributed by atoms with Gasteiger partial charge in [-0.05, 0) is 137 Å². The number of hydrogen-bond acceptors (Lipinski definition) is 14. The Labute approximate surface area is 454 Å². The Morgan fingerprint density at radius 3 is 1.73 bits per heavy atom. The van der Waals surface area contributed by atoms with Crippen LogP contribution in [0.4, 0.5) is 19.2 Å². The van der Waals surface area contributed by atoms with Crippen molar-refractivity contribution in [2.75, 3.05) is 39.9 Å². The number of hydrogen-bond donors (Lipinski definition) is 9. The predicted molar refractivity (Wildman–Crippen MR) is 287 cm³/mol. The number of alkyl carbamates (subject to hydrolysis) is 3. The third-order valence-electron chi connectivity index (χ3n) is 11.2. The highest BCUT2D eigenvalue weighted by atomic mass is 16.6. The van der Waals surface area contributed by atoms with Gasteiger partial charge in [0.2, 0.25) is 17.7 Å². The number of urea groups is 1. The van der Waals surface area contributed by atoms with Gasteiger partial charge in [0, 0.05) is 36.7 Å². The van der Waals surface area contributed by atoms with Crippen molar-refractivity contribution in [3.05, 3.63) is 82.4 Å². The van der Waals surface area contributed by atoms with Crippen molar-refractivity contribution in [2.45, 2.75) is 137 Å². The van der Waals surface area contributed by atoms with Crippen LogP contribution in [0.3, 0.4) is 0 Å². The zero-order chi connectivity index (χ0) is 58.3. The minimum Gasteiger partial charge on any atom is -0.491 e. The molecule has 3 aromatic carbocycles. The summed E-state index contributed by atoms with van der Waals surface area (Å²) in [4.78, 5) is 122. The number of nitrogens with one attached hydrogen (secondary N) is 8. The lowest BCUT2D eigenvalue weighted by Crippen LogP contribution is -2.58. The van der Waals surface area contributed by atoms with E-state index in [1.807, 2.05) is 12.3 Å². The summed E-state index contributed by atoms with van der Waals surface area (Å²) in [6, 6.07) is 7.84. The summed E-state index contributed by atoms with van der Waals surface area (Å²) in [5.41, 5.74) is 10.00. The van der Waals surface area contributed by atoms with E-state index in [9.17, 15) is 38.4 Å². The van der Waals surface area contributed by atoms with E-state index in [4.69, 9.17) is 29.4 Å². The molecule has 0 saturated carbocycles. The number of carbonyl (C=O) groups excluding carboxylic acids is 9. The Kier molecular flexibility index (Phi) is 21.7. The van der Waals surface area contributed by atoms with Gasteiger partial charge in [-0.1, -0.05) is 29.8 Å². The SMILES string of the molecule is Cc1ccc(C(=O)N[C@@H](CCNC(=O)OC(C)(C)C)C(=O)N(C)[C@@H]2C(=O)N[C@@H](C)C(=O)N[C@H](C(=O)NNC(N)=O)Cc3ccc(OCCNC(=O)OC(C)(C)C)c(c3)-c3cc2ccc3OCCNC(=O)OC(C)(C)C)c(C)c1. The first kappa shape index (κ1) is 62.2. The summed E-state index contributed by atoms with van der Waals surface area (Å²) >= 11 is 0. The first-order chi connectivity index (χ1) is 36.3. The molecule has 3 aromatic rings. The molecule has 1 heterocycles. The highest BCUT2D eigenvalue weighted by Crippen LogP contribution is 2.40. The minimum absolute atomic E-state index is 0.0151. The smallest absolute Gasteiger partial charge is 0.407 e. The summed E-state index contributed by atoms with van der Waals surface area (Å²) in [6.07, 6.45) is -2.52. The lowest BCUT2D eigenvalue weighted by molar-refractivity contribution is -0.141. The number of nitrogens with zero attached hydrogens (tertiary/aromatic N) is 1. The normalized spacial score (nSPS) is 16.0. The maximum Gasteiger partial charge on any atom is 0.407 e. The number of nitrogens with two attached hydrogens (primary N) is 1. The van der Waals surface area contributed by atoms with E-state index in [0.29, 0.717) is 16.7 Å². The number of rotatable bonds is 16. The van der Waals surface area contributed by atoms with Crippen molar-refractivity contribution >= 4 is 53.8 Å². The Hall–Kier alpha value is -8.31.